The van der Waals surface area contributed by atoms with E-state index in [-0.39, 0.29) is 0 Å². The van der Waals surface area contributed by atoms with Gasteiger partial charge in [0, 0.05) is 12.2 Å². The monoisotopic (exact) mass is 231 g/mol. The first-order valence-corrected chi connectivity index (χ1v) is 6.98. The van der Waals surface area contributed by atoms with E-state index in [1.807, 2.05) is 0 Å². The zero-order chi connectivity index (χ0) is 12.3. The van der Waals surface area contributed by atoms with Gasteiger partial charge in [0.2, 0.25) is 0 Å². The van der Waals surface area contributed by atoms with Gasteiger partial charge >= 0.3 is 0 Å². The number of hydrogen-bond acceptors (Lipinski definition) is 1. The van der Waals surface area contributed by atoms with Crippen LogP contribution in [0.1, 0.15) is 48.8 Å². The molecule has 1 fully saturated rings. The Morgan fingerprint density at radius 1 is 1.06 bits per heavy atom. The summed E-state index contributed by atoms with van der Waals surface area (Å²) in [5.74, 6) is 0.980. The second kappa shape index (κ2) is 5.57. The van der Waals surface area contributed by atoms with E-state index in [9.17, 15) is 0 Å². The molecule has 0 aromatic heterocycles. The van der Waals surface area contributed by atoms with Gasteiger partial charge in [0.15, 0.2) is 0 Å². The zero-order valence-electron chi connectivity index (χ0n) is 11.5. The van der Waals surface area contributed by atoms with Crippen molar-refractivity contribution in [2.24, 2.45) is 5.92 Å². The molecule has 17 heavy (non-hydrogen) atoms. The summed E-state index contributed by atoms with van der Waals surface area (Å²) < 4.78 is 0. The van der Waals surface area contributed by atoms with Gasteiger partial charge in [0.05, 0.1) is 0 Å². The summed E-state index contributed by atoms with van der Waals surface area (Å²) >= 11 is 0. The summed E-state index contributed by atoms with van der Waals surface area (Å²) in [7, 11) is 0. The Bertz CT molecular complexity index is 352. The molecule has 0 unspecified atom stereocenters. The number of benzene rings is 1. The van der Waals surface area contributed by atoms with Crippen LogP contribution in [-0.4, -0.2) is 6.54 Å². The van der Waals surface area contributed by atoms with Crippen molar-refractivity contribution in [1.82, 2.24) is 0 Å². The highest BCUT2D eigenvalue weighted by Crippen LogP contribution is 2.28. The first kappa shape index (κ1) is 12.5. The van der Waals surface area contributed by atoms with Gasteiger partial charge in [-0.2, -0.15) is 0 Å². The standard InChI is InChI=1S/C16H25N/c1-12-10-13(2)16(14(3)11-12)17-9-8-15-6-4-5-7-15/h10-11,15,17H,4-9H2,1-3H3. The average Bonchev–Trinajstić information content (AvgIpc) is 2.74. The van der Waals surface area contributed by atoms with Crippen molar-refractivity contribution in [3.63, 3.8) is 0 Å². The van der Waals surface area contributed by atoms with Gasteiger partial charge in [0.1, 0.15) is 0 Å². The predicted octanol–water partition coefficient (Wildman–Crippen LogP) is 4.60. The van der Waals surface area contributed by atoms with Gasteiger partial charge in [-0.1, -0.05) is 43.4 Å². The molecular weight excluding hydrogens is 206 g/mol. The smallest absolute Gasteiger partial charge is 0.0399 e. The van der Waals surface area contributed by atoms with E-state index in [4.69, 9.17) is 0 Å². The molecule has 0 amide bonds. The number of rotatable bonds is 4. The van der Waals surface area contributed by atoms with Crippen molar-refractivity contribution < 1.29 is 0 Å². The third-order valence-electron chi connectivity index (χ3n) is 4.01. The molecule has 1 N–H and O–H groups in total. The molecule has 0 spiro atoms. The highest BCUT2D eigenvalue weighted by molar-refractivity contribution is 5.58. The minimum absolute atomic E-state index is 0.980. The Labute approximate surface area is 106 Å². The maximum atomic E-state index is 3.64. The van der Waals surface area contributed by atoms with E-state index in [0.29, 0.717) is 0 Å². The lowest BCUT2D eigenvalue weighted by molar-refractivity contribution is 0.518. The van der Waals surface area contributed by atoms with E-state index < -0.39 is 0 Å². The number of aryl methyl sites for hydroxylation is 3. The topological polar surface area (TPSA) is 12.0 Å². The van der Waals surface area contributed by atoms with Gasteiger partial charge in [-0.25, -0.2) is 0 Å². The highest BCUT2D eigenvalue weighted by Gasteiger charge is 2.14. The quantitative estimate of drug-likeness (QED) is 0.798. The Balaban J connectivity index is 1.89. The Morgan fingerprint density at radius 2 is 1.65 bits per heavy atom. The van der Waals surface area contributed by atoms with Gasteiger partial charge in [-0.3, -0.25) is 0 Å². The van der Waals surface area contributed by atoms with Gasteiger partial charge in [-0.05, 0) is 44.2 Å². The summed E-state index contributed by atoms with van der Waals surface area (Å²) in [6.07, 6.45) is 7.15. The largest absolute Gasteiger partial charge is 0.385 e. The van der Waals surface area contributed by atoms with E-state index in [1.54, 1.807) is 0 Å². The lowest BCUT2D eigenvalue weighted by Gasteiger charge is -2.15. The molecule has 94 valence electrons. The minimum atomic E-state index is 0.980. The van der Waals surface area contributed by atoms with Gasteiger partial charge in [0.25, 0.3) is 0 Å². The van der Waals surface area contributed by atoms with Crippen LogP contribution >= 0.6 is 0 Å². The molecule has 0 aliphatic heterocycles. The van der Waals surface area contributed by atoms with Crippen LogP contribution in [0.2, 0.25) is 0 Å². The van der Waals surface area contributed by atoms with Crippen molar-refractivity contribution in [1.29, 1.82) is 0 Å². The highest BCUT2D eigenvalue weighted by atomic mass is 14.9. The molecule has 1 nitrogen and oxygen atoms in total. The average molecular weight is 231 g/mol. The van der Waals surface area contributed by atoms with Crippen molar-refractivity contribution in [3.8, 4) is 0 Å². The predicted molar refractivity (Wildman–Crippen MR) is 75.7 cm³/mol. The molecule has 0 bridgehead atoms. The molecule has 1 aromatic rings. The molecule has 0 saturated heterocycles. The van der Waals surface area contributed by atoms with E-state index >= 15 is 0 Å². The molecule has 1 aromatic carbocycles. The molecule has 1 heteroatoms. The van der Waals surface area contributed by atoms with E-state index in [0.717, 1.165) is 12.5 Å². The second-order valence-electron chi connectivity index (χ2n) is 5.64. The third-order valence-corrected chi connectivity index (χ3v) is 4.01. The van der Waals surface area contributed by atoms with Crippen molar-refractivity contribution in [2.75, 3.05) is 11.9 Å². The summed E-state index contributed by atoms with van der Waals surface area (Å²) in [6.45, 7) is 7.72. The fourth-order valence-corrected chi connectivity index (χ4v) is 3.16. The summed E-state index contributed by atoms with van der Waals surface area (Å²) in [5.41, 5.74) is 5.48. The first-order chi connectivity index (χ1) is 8.16. The maximum Gasteiger partial charge on any atom is 0.0399 e. The number of nitrogens with one attached hydrogen (secondary N) is 1. The molecular formula is C16H25N. The normalized spacial score (nSPS) is 16.4. The molecule has 0 atom stereocenters. The zero-order valence-corrected chi connectivity index (χ0v) is 11.5. The van der Waals surface area contributed by atoms with Crippen molar-refractivity contribution >= 4 is 5.69 Å². The summed E-state index contributed by atoms with van der Waals surface area (Å²) in [6, 6.07) is 4.54. The number of hydrogen-bond donors (Lipinski definition) is 1. The minimum Gasteiger partial charge on any atom is -0.385 e. The van der Waals surface area contributed by atoms with Gasteiger partial charge in [-0.15, -0.1) is 0 Å². The van der Waals surface area contributed by atoms with Crippen LogP contribution < -0.4 is 5.32 Å². The fourth-order valence-electron chi connectivity index (χ4n) is 3.16. The van der Waals surface area contributed by atoms with Crippen LogP contribution in [0, 0.1) is 26.7 Å². The van der Waals surface area contributed by atoms with E-state index in [1.165, 1.54) is 54.5 Å². The molecule has 0 heterocycles. The second-order valence-corrected chi connectivity index (χ2v) is 5.64. The van der Waals surface area contributed by atoms with Crippen LogP contribution in [0.3, 0.4) is 0 Å². The summed E-state index contributed by atoms with van der Waals surface area (Å²) in [5, 5.41) is 3.64. The Hall–Kier alpha value is -0.980. The van der Waals surface area contributed by atoms with Crippen LogP contribution in [0.15, 0.2) is 12.1 Å². The van der Waals surface area contributed by atoms with Crippen LogP contribution in [0.5, 0.6) is 0 Å². The van der Waals surface area contributed by atoms with Crippen LogP contribution in [0.25, 0.3) is 0 Å². The Kier molecular flexibility index (Phi) is 4.09. The SMILES string of the molecule is Cc1cc(C)c(NCCC2CCCC2)c(C)c1. The Morgan fingerprint density at radius 3 is 2.24 bits per heavy atom. The molecule has 2 rings (SSSR count). The van der Waals surface area contributed by atoms with Crippen molar-refractivity contribution in [3.05, 3.63) is 28.8 Å². The number of anilines is 1. The molecule has 1 aliphatic rings. The summed E-state index contributed by atoms with van der Waals surface area (Å²) in [4.78, 5) is 0. The lowest BCUT2D eigenvalue weighted by Crippen LogP contribution is -2.08. The van der Waals surface area contributed by atoms with Crippen LogP contribution in [0.4, 0.5) is 5.69 Å². The van der Waals surface area contributed by atoms with Crippen molar-refractivity contribution in [2.45, 2.75) is 52.9 Å². The molecule has 1 aliphatic carbocycles. The maximum absolute atomic E-state index is 3.64. The van der Waals surface area contributed by atoms with Crippen LogP contribution in [-0.2, 0) is 0 Å². The van der Waals surface area contributed by atoms with Gasteiger partial charge < -0.3 is 5.32 Å². The lowest BCUT2D eigenvalue weighted by atomic mass is 10.0. The fraction of sp³-hybridized carbons (Fsp3) is 0.625. The first-order valence-electron chi connectivity index (χ1n) is 6.98. The molecule has 1 saturated carbocycles. The van der Waals surface area contributed by atoms with E-state index in [2.05, 4.69) is 38.2 Å². The third kappa shape index (κ3) is 3.24. The molecule has 0 radical (unpaired) electrons.